The molecule has 0 aliphatic carbocycles. The first-order valence-corrected chi connectivity index (χ1v) is 7.66. The van der Waals surface area contributed by atoms with Gasteiger partial charge in [0.15, 0.2) is 0 Å². The third kappa shape index (κ3) is 1.26. The molecular weight excluding hydrogens is 229 g/mol. The van der Waals surface area contributed by atoms with Gasteiger partial charge >= 0.3 is 94.9 Å². The van der Waals surface area contributed by atoms with E-state index in [-0.39, 0.29) is 0 Å². The van der Waals surface area contributed by atoms with Crippen molar-refractivity contribution in [2.75, 3.05) is 26.3 Å². The summed E-state index contributed by atoms with van der Waals surface area (Å²) in [4.78, 5) is 0. The Hall–Kier alpha value is -0.350. The van der Waals surface area contributed by atoms with Crippen LogP contribution < -0.4 is 0 Å². The Bertz CT molecular complexity index is 327. The molecule has 0 saturated carbocycles. The van der Waals surface area contributed by atoms with Gasteiger partial charge in [-0.15, -0.1) is 0 Å². The van der Waals surface area contributed by atoms with Crippen molar-refractivity contribution >= 4 is 7.66 Å². The Kier molecular flexibility index (Phi) is 2.24. The van der Waals surface area contributed by atoms with Crippen LogP contribution in [0.2, 0.25) is 0 Å². The second-order valence-electron chi connectivity index (χ2n) is 4.40. The molecule has 0 amide bonds. The van der Waals surface area contributed by atoms with Crippen molar-refractivity contribution in [3.8, 4) is 0 Å². The number of nitrogens with zero attached hydrogens (tertiary/aromatic N) is 1. The van der Waals surface area contributed by atoms with Crippen molar-refractivity contribution in [2.24, 2.45) is 0 Å². The molecular formula is C10H18NO4P. The molecule has 92 valence electrons. The van der Waals surface area contributed by atoms with Crippen LogP contribution in [0.5, 0.6) is 0 Å². The summed E-state index contributed by atoms with van der Waals surface area (Å²) in [6.07, 6.45) is 2.01. The fourth-order valence-electron chi connectivity index (χ4n) is 2.39. The van der Waals surface area contributed by atoms with E-state index in [2.05, 4.69) is 4.67 Å². The predicted octanol–water partition coefficient (Wildman–Crippen LogP) is 2.56. The SMILES string of the molecule is CC1=C(C)OP23(OCCCN2CCCO3)O1. The van der Waals surface area contributed by atoms with Crippen LogP contribution in [0.15, 0.2) is 11.5 Å². The van der Waals surface area contributed by atoms with Gasteiger partial charge in [-0.3, -0.25) is 0 Å². The average Bonchev–Trinajstić information content (AvgIpc) is 2.51. The Labute approximate surface area is 95.6 Å². The zero-order chi connectivity index (χ0) is 11.3. The van der Waals surface area contributed by atoms with E-state index in [9.17, 15) is 0 Å². The molecule has 1 spiro atoms. The molecule has 3 rings (SSSR count). The molecule has 0 bridgehead atoms. The van der Waals surface area contributed by atoms with Crippen LogP contribution >= 0.6 is 7.66 Å². The Morgan fingerprint density at radius 1 is 0.938 bits per heavy atom. The van der Waals surface area contributed by atoms with Gasteiger partial charge in [0.1, 0.15) is 0 Å². The standard InChI is InChI=1S/C10H18NO4P/c1-9-10(2)15-16(14-9)11(5-3-7-12-16)6-4-8-13-16/h3-8H2,1-2H3. The Balaban J connectivity index is 1.99. The fourth-order valence-corrected chi connectivity index (χ4v) is 6.25. The van der Waals surface area contributed by atoms with Gasteiger partial charge in [-0.25, -0.2) is 0 Å². The molecule has 0 aromatic heterocycles. The number of rotatable bonds is 0. The zero-order valence-electron chi connectivity index (χ0n) is 9.77. The molecule has 2 saturated heterocycles. The van der Waals surface area contributed by atoms with Crippen molar-refractivity contribution < 1.29 is 18.1 Å². The summed E-state index contributed by atoms with van der Waals surface area (Å²) in [5, 5.41) is 0. The molecule has 16 heavy (non-hydrogen) atoms. The quantitative estimate of drug-likeness (QED) is 0.615. The Morgan fingerprint density at radius 2 is 1.44 bits per heavy atom. The maximum atomic E-state index is 5.96. The molecule has 3 aliphatic heterocycles. The Morgan fingerprint density at radius 3 is 1.94 bits per heavy atom. The van der Waals surface area contributed by atoms with E-state index in [1.54, 1.807) is 0 Å². The molecule has 2 fully saturated rings. The zero-order valence-corrected chi connectivity index (χ0v) is 10.7. The van der Waals surface area contributed by atoms with E-state index < -0.39 is 7.66 Å². The summed E-state index contributed by atoms with van der Waals surface area (Å²) in [5.41, 5.74) is 0. The van der Waals surface area contributed by atoms with Crippen molar-refractivity contribution in [1.29, 1.82) is 0 Å². The van der Waals surface area contributed by atoms with E-state index in [0.717, 1.165) is 37.4 Å². The first-order chi connectivity index (χ1) is 7.64. The van der Waals surface area contributed by atoms with Crippen molar-refractivity contribution in [3.05, 3.63) is 11.5 Å². The summed E-state index contributed by atoms with van der Waals surface area (Å²) in [7, 11) is -3.43. The van der Waals surface area contributed by atoms with Crippen LogP contribution in [-0.4, -0.2) is 31.0 Å². The first kappa shape index (κ1) is 10.8. The summed E-state index contributed by atoms with van der Waals surface area (Å²) >= 11 is 0. The molecule has 5 nitrogen and oxygen atoms in total. The summed E-state index contributed by atoms with van der Waals surface area (Å²) in [5.74, 6) is 1.57. The molecule has 0 aromatic carbocycles. The predicted molar refractivity (Wildman–Crippen MR) is 60.2 cm³/mol. The molecule has 0 N–H and O–H groups in total. The van der Waals surface area contributed by atoms with Gasteiger partial charge in [0.25, 0.3) is 0 Å². The minimum atomic E-state index is -3.43. The van der Waals surface area contributed by atoms with E-state index in [1.807, 2.05) is 13.8 Å². The van der Waals surface area contributed by atoms with Gasteiger partial charge in [0, 0.05) is 0 Å². The number of hydrogen-bond acceptors (Lipinski definition) is 5. The van der Waals surface area contributed by atoms with E-state index >= 15 is 0 Å². The maximum absolute atomic E-state index is 5.96. The van der Waals surface area contributed by atoms with Crippen LogP contribution in [-0.2, 0) is 18.1 Å². The summed E-state index contributed by atoms with van der Waals surface area (Å²) in [6.45, 7) is 6.95. The van der Waals surface area contributed by atoms with Gasteiger partial charge in [-0.1, -0.05) is 0 Å². The average molecular weight is 247 g/mol. The van der Waals surface area contributed by atoms with Crippen LogP contribution in [0.3, 0.4) is 0 Å². The molecule has 0 unspecified atom stereocenters. The summed E-state index contributed by atoms with van der Waals surface area (Å²) < 4.78 is 25.9. The number of allylic oxidation sites excluding steroid dienone is 2. The number of hydrogen-bond donors (Lipinski definition) is 0. The van der Waals surface area contributed by atoms with E-state index in [1.165, 1.54) is 0 Å². The van der Waals surface area contributed by atoms with Crippen molar-refractivity contribution in [2.45, 2.75) is 26.7 Å². The van der Waals surface area contributed by atoms with Gasteiger partial charge in [-0.2, -0.15) is 0 Å². The third-order valence-electron chi connectivity index (χ3n) is 3.27. The van der Waals surface area contributed by atoms with Crippen molar-refractivity contribution in [3.63, 3.8) is 0 Å². The topological polar surface area (TPSA) is 40.2 Å². The van der Waals surface area contributed by atoms with Gasteiger partial charge in [0.2, 0.25) is 0 Å². The van der Waals surface area contributed by atoms with Crippen LogP contribution in [0, 0.1) is 0 Å². The third-order valence-corrected chi connectivity index (χ3v) is 6.98. The molecule has 0 aromatic rings. The minimum absolute atomic E-state index is 0.648. The summed E-state index contributed by atoms with van der Waals surface area (Å²) in [6, 6.07) is 0. The fraction of sp³-hybridized carbons (Fsp3) is 0.800. The van der Waals surface area contributed by atoms with Gasteiger partial charge < -0.3 is 0 Å². The van der Waals surface area contributed by atoms with Gasteiger partial charge in [0.05, 0.1) is 0 Å². The second kappa shape index (κ2) is 3.33. The molecule has 6 heteroatoms. The van der Waals surface area contributed by atoms with Crippen LogP contribution in [0.1, 0.15) is 26.7 Å². The van der Waals surface area contributed by atoms with Crippen LogP contribution in [0.25, 0.3) is 0 Å². The first-order valence-electron chi connectivity index (χ1n) is 5.80. The van der Waals surface area contributed by atoms with E-state index in [0.29, 0.717) is 13.2 Å². The monoisotopic (exact) mass is 247 g/mol. The van der Waals surface area contributed by atoms with E-state index in [4.69, 9.17) is 18.1 Å². The molecule has 3 heterocycles. The van der Waals surface area contributed by atoms with Gasteiger partial charge in [-0.05, 0) is 0 Å². The van der Waals surface area contributed by atoms with Crippen LogP contribution in [0.4, 0.5) is 0 Å². The molecule has 0 atom stereocenters. The van der Waals surface area contributed by atoms with Crippen molar-refractivity contribution in [1.82, 2.24) is 4.67 Å². The second-order valence-corrected chi connectivity index (χ2v) is 7.39. The normalized spacial score (nSPS) is 34.8. The molecule has 0 radical (unpaired) electrons. The molecule has 3 aliphatic rings.